The molecular formula is C31H54O4Si. The first-order valence-electron chi connectivity index (χ1n) is 14.8. The van der Waals surface area contributed by atoms with Crippen LogP contribution in [0, 0.1) is 40.4 Å². The van der Waals surface area contributed by atoms with Crippen LogP contribution in [0.3, 0.4) is 0 Å². The van der Waals surface area contributed by atoms with Gasteiger partial charge in [-0.15, -0.1) is 0 Å². The first-order chi connectivity index (χ1) is 16.6. The van der Waals surface area contributed by atoms with Crippen LogP contribution in [0.15, 0.2) is 11.6 Å². The van der Waals surface area contributed by atoms with Gasteiger partial charge in [-0.2, -0.15) is 0 Å². The SMILES string of the molecule is COC(=O)CC[C@@H](C)[C@H]1CC[C@H]2[C@@H]3[C@@H](O)C=C4C[C@@H](O[Si](C)(C)C(C)(C)C)CC[C@]4(C)[C@H]3CC[C@]12C. The van der Waals surface area contributed by atoms with Gasteiger partial charge in [-0.05, 0) is 110 Å². The molecule has 0 aliphatic heterocycles. The summed E-state index contributed by atoms with van der Waals surface area (Å²) < 4.78 is 11.8. The van der Waals surface area contributed by atoms with Gasteiger partial charge in [-0.25, -0.2) is 0 Å². The van der Waals surface area contributed by atoms with Gasteiger partial charge in [-0.1, -0.05) is 53.2 Å². The van der Waals surface area contributed by atoms with Crippen LogP contribution in [-0.2, 0) is 14.0 Å². The molecule has 0 heterocycles. The third kappa shape index (κ3) is 4.79. The van der Waals surface area contributed by atoms with E-state index in [9.17, 15) is 9.90 Å². The molecule has 206 valence electrons. The lowest BCUT2D eigenvalue weighted by atomic mass is 9.46. The average Bonchev–Trinajstić information content (AvgIpc) is 3.14. The Morgan fingerprint density at radius 2 is 1.83 bits per heavy atom. The number of hydrogen-bond acceptors (Lipinski definition) is 4. The predicted molar refractivity (Wildman–Crippen MR) is 149 cm³/mol. The molecule has 0 spiro atoms. The Morgan fingerprint density at radius 3 is 2.47 bits per heavy atom. The van der Waals surface area contributed by atoms with E-state index in [-0.39, 0.29) is 27.9 Å². The highest BCUT2D eigenvalue weighted by Crippen LogP contribution is 2.67. The summed E-state index contributed by atoms with van der Waals surface area (Å²) in [4.78, 5) is 11.8. The zero-order valence-corrected chi connectivity index (χ0v) is 25.7. The minimum Gasteiger partial charge on any atom is -0.469 e. The van der Waals surface area contributed by atoms with E-state index >= 15 is 0 Å². The molecule has 4 rings (SSSR count). The van der Waals surface area contributed by atoms with E-state index in [1.54, 1.807) is 0 Å². The van der Waals surface area contributed by atoms with Crippen LogP contribution >= 0.6 is 0 Å². The second-order valence-electron chi connectivity index (χ2n) is 15.0. The zero-order chi connectivity index (χ0) is 26.7. The second-order valence-corrected chi connectivity index (χ2v) is 19.7. The van der Waals surface area contributed by atoms with Gasteiger partial charge in [0.1, 0.15) is 0 Å². The minimum absolute atomic E-state index is 0.0910. The smallest absolute Gasteiger partial charge is 0.305 e. The molecule has 4 aliphatic rings. The van der Waals surface area contributed by atoms with Crippen LogP contribution in [-0.4, -0.2) is 38.7 Å². The highest BCUT2D eigenvalue weighted by Gasteiger charge is 2.61. The van der Waals surface area contributed by atoms with E-state index in [1.165, 1.54) is 44.8 Å². The molecule has 0 radical (unpaired) electrons. The lowest BCUT2D eigenvalue weighted by molar-refractivity contribution is -0.141. The topological polar surface area (TPSA) is 55.8 Å². The van der Waals surface area contributed by atoms with E-state index in [0.29, 0.717) is 42.1 Å². The van der Waals surface area contributed by atoms with Crippen molar-refractivity contribution in [3.8, 4) is 0 Å². The number of aliphatic hydroxyl groups is 1. The van der Waals surface area contributed by atoms with Crippen molar-refractivity contribution < 1.29 is 19.1 Å². The number of aliphatic hydroxyl groups excluding tert-OH is 1. The normalized spacial score (nSPS) is 41.6. The van der Waals surface area contributed by atoms with Crippen LogP contribution in [0.2, 0.25) is 18.1 Å². The summed E-state index contributed by atoms with van der Waals surface area (Å²) >= 11 is 0. The van der Waals surface area contributed by atoms with Crippen LogP contribution in [0.5, 0.6) is 0 Å². The number of esters is 1. The monoisotopic (exact) mass is 518 g/mol. The van der Waals surface area contributed by atoms with Crippen molar-refractivity contribution >= 4 is 14.3 Å². The van der Waals surface area contributed by atoms with E-state index in [0.717, 1.165) is 19.3 Å². The number of hydrogen-bond donors (Lipinski definition) is 1. The largest absolute Gasteiger partial charge is 0.469 e. The maximum Gasteiger partial charge on any atom is 0.305 e. The summed E-state index contributed by atoms with van der Waals surface area (Å²) in [6.45, 7) is 19.1. The maximum atomic E-state index is 11.8. The fourth-order valence-electron chi connectivity index (χ4n) is 8.93. The molecule has 36 heavy (non-hydrogen) atoms. The number of rotatable bonds is 6. The Balaban J connectivity index is 1.51. The lowest BCUT2D eigenvalue weighted by Gasteiger charge is -2.60. The van der Waals surface area contributed by atoms with E-state index < -0.39 is 8.32 Å². The quantitative estimate of drug-likeness (QED) is 0.224. The third-order valence-corrected chi connectivity index (χ3v) is 16.7. The molecule has 5 heteroatoms. The van der Waals surface area contributed by atoms with Crippen molar-refractivity contribution in [3.05, 3.63) is 11.6 Å². The minimum atomic E-state index is -1.81. The summed E-state index contributed by atoms with van der Waals surface area (Å²) in [6.07, 6.45) is 11.9. The van der Waals surface area contributed by atoms with Crippen molar-refractivity contribution in [3.63, 3.8) is 0 Å². The third-order valence-electron chi connectivity index (χ3n) is 12.1. The molecular weight excluding hydrogens is 464 g/mol. The highest BCUT2D eigenvalue weighted by molar-refractivity contribution is 6.74. The number of methoxy groups -OCH3 is 1. The summed E-state index contributed by atoms with van der Waals surface area (Å²) in [5.74, 6) is 2.57. The van der Waals surface area contributed by atoms with Gasteiger partial charge in [-0.3, -0.25) is 4.79 Å². The van der Waals surface area contributed by atoms with Crippen molar-refractivity contribution in [1.82, 2.24) is 0 Å². The summed E-state index contributed by atoms with van der Waals surface area (Å²) in [5, 5.41) is 11.9. The molecule has 0 amide bonds. The fraction of sp³-hybridized carbons (Fsp3) is 0.903. The van der Waals surface area contributed by atoms with Crippen LogP contribution < -0.4 is 0 Å². The van der Waals surface area contributed by atoms with Gasteiger partial charge in [0.2, 0.25) is 0 Å². The van der Waals surface area contributed by atoms with Crippen LogP contribution in [0.1, 0.15) is 99.3 Å². The Morgan fingerprint density at radius 1 is 1.14 bits per heavy atom. The molecule has 3 saturated carbocycles. The van der Waals surface area contributed by atoms with Gasteiger partial charge in [0.05, 0.1) is 13.2 Å². The van der Waals surface area contributed by atoms with E-state index in [4.69, 9.17) is 9.16 Å². The highest BCUT2D eigenvalue weighted by atomic mass is 28.4. The van der Waals surface area contributed by atoms with Gasteiger partial charge >= 0.3 is 5.97 Å². The van der Waals surface area contributed by atoms with Crippen molar-refractivity contribution in [2.24, 2.45) is 40.4 Å². The molecule has 3 fully saturated rings. The maximum absolute atomic E-state index is 11.8. The molecule has 4 aliphatic carbocycles. The second kappa shape index (κ2) is 9.83. The first kappa shape index (κ1) is 28.4. The summed E-state index contributed by atoms with van der Waals surface area (Å²) in [6, 6.07) is 0. The average molecular weight is 519 g/mol. The lowest BCUT2D eigenvalue weighted by Crippen LogP contribution is -2.55. The van der Waals surface area contributed by atoms with Gasteiger partial charge in [0.25, 0.3) is 0 Å². The van der Waals surface area contributed by atoms with E-state index in [1.807, 2.05) is 0 Å². The Bertz CT molecular complexity index is 859. The van der Waals surface area contributed by atoms with Crippen LogP contribution in [0.25, 0.3) is 0 Å². The number of carbonyl (C=O) groups excluding carboxylic acids is 1. The molecule has 0 bridgehead atoms. The molecule has 0 aromatic rings. The Labute approximate surface area is 222 Å². The van der Waals surface area contributed by atoms with Gasteiger partial charge in [0, 0.05) is 12.5 Å². The summed E-state index contributed by atoms with van der Waals surface area (Å²) in [7, 11) is -0.319. The predicted octanol–water partition coefficient (Wildman–Crippen LogP) is 7.52. The number of fused-ring (bicyclic) bond motifs is 5. The van der Waals surface area contributed by atoms with Gasteiger partial charge in [0.15, 0.2) is 8.32 Å². The molecule has 1 N–H and O–H groups in total. The zero-order valence-electron chi connectivity index (χ0n) is 24.7. The molecule has 0 unspecified atom stereocenters. The standard InChI is InChI=1S/C31H54O4Si/c1-20(10-13-27(33)34-7)23-11-12-24-28-25(15-17-31(23,24)6)30(5)16-14-22(18-21(30)19-26(28)32)35-36(8,9)29(2,3)4/h19-20,22-26,28,32H,10-18H2,1-9H3/t20-,22+,23-,24+,25+,26+,28+,30+,31-/m1/s1. The Kier molecular flexibility index (Phi) is 7.74. The number of ether oxygens (including phenoxy) is 1. The molecule has 0 aromatic heterocycles. The van der Waals surface area contributed by atoms with Crippen LogP contribution in [0.4, 0.5) is 0 Å². The molecule has 0 aromatic carbocycles. The molecule has 0 saturated heterocycles. The van der Waals surface area contributed by atoms with Crippen molar-refractivity contribution in [2.45, 2.75) is 130 Å². The molecule has 9 atom stereocenters. The van der Waals surface area contributed by atoms with E-state index in [2.05, 4.69) is 60.7 Å². The van der Waals surface area contributed by atoms with Crippen molar-refractivity contribution in [2.75, 3.05) is 7.11 Å². The molecule has 4 nitrogen and oxygen atoms in total. The summed E-state index contributed by atoms with van der Waals surface area (Å²) in [5.41, 5.74) is 1.95. The number of carbonyl (C=O) groups is 1. The van der Waals surface area contributed by atoms with Crippen molar-refractivity contribution in [1.29, 1.82) is 0 Å². The first-order valence-corrected chi connectivity index (χ1v) is 17.7. The van der Waals surface area contributed by atoms with Gasteiger partial charge < -0.3 is 14.3 Å². The Hall–Kier alpha value is -0.653. The fourth-order valence-corrected chi connectivity index (χ4v) is 10.3.